The fourth-order valence-electron chi connectivity index (χ4n) is 2.00. The molecule has 0 atom stereocenters. The van der Waals surface area contributed by atoms with Gasteiger partial charge in [0, 0.05) is 25.3 Å². The van der Waals surface area contributed by atoms with Crippen LogP contribution in [0.2, 0.25) is 0 Å². The Hall–Kier alpha value is -1.39. The largest absolute Gasteiger partial charge is 0.363 e. The van der Waals surface area contributed by atoms with Crippen LogP contribution in [0.4, 0.5) is 5.69 Å². The van der Waals surface area contributed by atoms with E-state index in [2.05, 4.69) is 5.32 Å². The van der Waals surface area contributed by atoms with Crippen molar-refractivity contribution < 1.29 is 9.53 Å². The smallest absolute Gasteiger partial charge is 0.252 e. The summed E-state index contributed by atoms with van der Waals surface area (Å²) in [5.41, 5.74) is 0.747. The van der Waals surface area contributed by atoms with E-state index in [1.807, 2.05) is 44.2 Å². The predicted octanol–water partition coefficient (Wildman–Crippen LogP) is 1.42. The monoisotopic (exact) mass is 248 g/mol. The molecule has 1 amide bonds. The third-order valence-corrected chi connectivity index (χ3v) is 3.23. The van der Waals surface area contributed by atoms with Crippen LogP contribution in [-0.2, 0) is 9.53 Å². The van der Waals surface area contributed by atoms with E-state index in [9.17, 15) is 4.79 Å². The summed E-state index contributed by atoms with van der Waals surface area (Å²) >= 11 is 0. The minimum atomic E-state index is -0.175. The molecule has 0 aromatic heterocycles. The van der Waals surface area contributed by atoms with Crippen molar-refractivity contribution in [2.45, 2.75) is 19.4 Å². The van der Waals surface area contributed by atoms with Crippen molar-refractivity contribution in [1.82, 2.24) is 5.32 Å². The summed E-state index contributed by atoms with van der Waals surface area (Å²) in [6, 6.07) is 9.69. The van der Waals surface area contributed by atoms with E-state index in [0.717, 1.165) is 18.8 Å². The van der Waals surface area contributed by atoms with Crippen molar-refractivity contribution in [3.8, 4) is 0 Å². The first kappa shape index (κ1) is 13.1. The Labute approximate surface area is 108 Å². The molecule has 98 valence electrons. The van der Waals surface area contributed by atoms with Gasteiger partial charge in [-0.05, 0) is 26.0 Å². The number of nitrogens with zero attached hydrogens (tertiary/aromatic N) is 1. The first-order valence-corrected chi connectivity index (χ1v) is 6.35. The zero-order valence-corrected chi connectivity index (χ0v) is 11.0. The van der Waals surface area contributed by atoms with E-state index >= 15 is 0 Å². The molecule has 2 rings (SSSR count). The molecule has 0 aliphatic carbocycles. The van der Waals surface area contributed by atoms with Crippen LogP contribution < -0.4 is 10.2 Å². The lowest BCUT2D eigenvalue weighted by atomic mass is 10.0. The molecule has 0 saturated carbocycles. The minimum absolute atomic E-state index is 0.0109. The SMILES string of the molecule is CCN(C(=O)COC1(C)CNC1)c1ccccc1. The molecule has 1 N–H and O–H groups in total. The number of amides is 1. The highest BCUT2D eigenvalue weighted by molar-refractivity contribution is 5.94. The quantitative estimate of drug-likeness (QED) is 0.857. The lowest BCUT2D eigenvalue weighted by Crippen LogP contribution is -2.59. The van der Waals surface area contributed by atoms with Crippen LogP contribution in [0.1, 0.15) is 13.8 Å². The predicted molar refractivity (Wildman–Crippen MR) is 71.7 cm³/mol. The highest BCUT2D eigenvalue weighted by atomic mass is 16.5. The number of hydrogen-bond donors (Lipinski definition) is 1. The van der Waals surface area contributed by atoms with Crippen LogP contribution in [0.25, 0.3) is 0 Å². The molecule has 1 heterocycles. The lowest BCUT2D eigenvalue weighted by Gasteiger charge is -2.39. The average Bonchev–Trinajstić information content (AvgIpc) is 2.36. The standard InChI is InChI=1S/C14H20N2O2/c1-3-16(12-7-5-4-6-8-12)13(17)9-18-14(2)10-15-11-14/h4-8,15H,3,9-11H2,1-2H3. The summed E-state index contributed by atoms with van der Waals surface area (Å²) in [4.78, 5) is 13.9. The molecular weight excluding hydrogens is 228 g/mol. The van der Waals surface area contributed by atoms with Crippen molar-refractivity contribution in [2.24, 2.45) is 0 Å². The summed E-state index contributed by atoms with van der Waals surface area (Å²) in [6.45, 7) is 6.42. The van der Waals surface area contributed by atoms with Gasteiger partial charge in [-0.1, -0.05) is 18.2 Å². The fraction of sp³-hybridized carbons (Fsp3) is 0.500. The van der Waals surface area contributed by atoms with Gasteiger partial charge >= 0.3 is 0 Å². The highest BCUT2D eigenvalue weighted by Gasteiger charge is 2.33. The number of benzene rings is 1. The van der Waals surface area contributed by atoms with E-state index in [4.69, 9.17) is 4.74 Å². The first-order valence-electron chi connectivity index (χ1n) is 6.35. The Morgan fingerprint density at radius 1 is 1.39 bits per heavy atom. The molecule has 0 spiro atoms. The molecule has 18 heavy (non-hydrogen) atoms. The van der Waals surface area contributed by atoms with Crippen molar-refractivity contribution >= 4 is 11.6 Å². The molecule has 1 fully saturated rings. The lowest BCUT2D eigenvalue weighted by molar-refractivity contribution is -0.133. The van der Waals surface area contributed by atoms with Crippen LogP contribution in [0.5, 0.6) is 0 Å². The Balaban J connectivity index is 1.94. The second-order valence-corrected chi connectivity index (χ2v) is 4.82. The van der Waals surface area contributed by atoms with E-state index < -0.39 is 0 Å². The van der Waals surface area contributed by atoms with Crippen molar-refractivity contribution in [1.29, 1.82) is 0 Å². The third-order valence-electron chi connectivity index (χ3n) is 3.23. The Morgan fingerprint density at radius 3 is 2.56 bits per heavy atom. The molecule has 1 saturated heterocycles. The highest BCUT2D eigenvalue weighted by Crippen LogP contribution is 2.17. The zero-order valence-electron chi connectivity index (χ0n) is 11.0. The molecular formula is C14H20N2O2. The maximum Gasteiger partial charge on any atom is 0.252 e. The number of anilines is 1. The van der Waals surface area contributed by atoms with Crippen molar-refractivity contribution in [3.05, 3.63) is 30.3 Å². The molecule has 1 aliphatic heterocycles. The van der Waals surface area contributed by atoms with E-state index in [1.54, 1.807) is 4.90 Å². The summed E-state index contributed by atoms with van der Waals surface area (Å²) in [5.74, 6) is 0.0109. The van der Waals surface area contributed by atoms with Gasteiger partial charge in [0.2, 0.25) is 0 Å². The molecule has 0 unspecified atom stereocenters. The summed E-state index contributed by atoms with van der Waals surface area (Å²) in [5, 5.41) is 3.15. The summed E-state index contributed by atoms with van der Waals surface area (Å²) in [6.07, 6.45) is 0. The third kappa shape index (κ3) is 2.89. The van der Waals surface area contributed by atoms with E-state index in [-0.39, 0.29) is 18.1 Å². The fourth-order valence-corrected chi connectivity index (χ4v) is 2.00. The number of likely N-dealkylation sites (N-methyl/N-ethyl adjacent to an activating group) is 1. The minimum Gasteiger partial charge on any atom is -0.363 e. The number of hydrogen-bond acceptors (Lipinski definition) is 3. The normalized spacial score (nSPS) is 17.0. The average molecular weight is 248 g/mol. The van der Waals surface area contributed by atoms with Crippen LogP contribution in [-0.4, -0.2) is 37.7 Å². The first-order chi connectivity index (χ1) is 8.64. The van der Waals surface area contributed by atoms with Crippen molar-refractivity contribution in [3.63, 3.8) is 0 Å². The van der Waals surface area contributed by atoms with Crippen molar-refractivity contribution in [2.75, 3.05) is 31.1 Å². The van der Waals surface area contributed by atoms with Gasteiger partial charge in [-0.25, -0.2) is 0 Å². The van der Waals surface area contributed by atoms with Crippen LogP contribution >= 0.6 is 0 Å². The number of para-hydroxylation sites is 1. The summed E-state index contributed by atoms with van der Waals surface area (Å²) in [7, 11) is 0. The number of ether oxygens (including phenoxy) is 1. The Bertz CT molecular complexity index is 402. The van der Waals surface area contributed by atoms with E-state index in [1.165, 1.54) is 0 Å². The van der Waals surface area contributed by atoms with Gasteiger partial charge in [0.15, 0.2) is 0 Å². The number of rotatable bonds is 5. The molecule has 4 heteroatoms. The molecule has 4 nitrogen and oxygen atoms in total. The summed E-state index contributed by atoms with van der Waals surface area (Å²) < 4.78 is 5.68. The van der Waals surface area contributed by atoms with Gasteiger partial charge in [0.25, 0.3) is 5.91 Å². The molecule has 1 aromatic carbocycles. The maximum atomic E-state index is 12.1. The number of carbonyl (C=O) groups excluding carboxylic acids is 1. The number of carbonyl (C=O) groups is 1. The topological polar surface area (TPSA) is 41.6 Å². The van der Waals surface area contributed by atoms with E-state index in [0.29, 0.717) is 6.54 Å². The van der Waals surface area contributed by atoms with Crippen LogP contribution in [0.3, 0.4) is 0 Å². The van der Waals surface area contributed by atoms with Gasteiger partial charge < -0.3 is 15.0 Å². The Kier molecular flexibility index (Phi) is 3.99. The molecule has 0 radical (unpaired) electrons. The van der Waals surface area contributed by atoms with Gasteiger partial charge in [-0.2, -0.15) is 0 Å². The molecule has 1 aromatic rings. The Morgan fingerprint density at radius 2 is 2.06 bits per heavy atom. The van der Waals surface area contributed by atoms with Gasteiger partial charge in [0.1, 0.15) is 6.61 Å². The maximum absolute atomic E-state index is 12.1. The van der Waals surface area contributed by atoms with Crippen LogP contribution in [0.15, 0.2) is 30.3 Å². The second kappa shape index (κ2) is 5.50. The molecule has 0 bridgehead atoms. The zero-order chi connectivity index (χ0) is 13.0. The number of nitrogens with one attached hydrogen (secondary N) is 1. The van der Waals surface area contributed by atoms with Gasteiger partial charge in [-0.15, -0.1) is 0 Å². The second-order valence-electron chi connectivity index (χ2n) is 4.82. The van der Waals surface area contributed by atoms with Crippen LogP contribution in [0, 0.1) is 0 Å². The van der Waals surface area contributed by atoms with Gasteiger partial charge in [-0.3, -0.25) is 4.79 Å². The molecule has 1 aliphatic rings. The van der Waals surface area contributed by atoms with Gasteiger partial charge in [0.05, 0.1) is 5.60 Å².